The van der Waals surface area contributed by atoms with Crippen LogP contribution >= 0.6 is 0 Å². The van der Waals surface area contributed by atoms with Gasteiger partial charge in [0.15, 0.2) is 0 Å². The molecule has 1 N–H and O–H groups in total. The van der Waals surface area contributed by atoms with Gasteiger partial charge in [-0.3, -0.25) is 9.59 Å². The number of carbonyl (C=O) groups is 2. The largest absolute Gasteiger partial charge is 0.373 e. The Morgan fingerprint density at radius 3 is 2.54 bits per heavy atom. The number of rotatable bonds is 3. The molecule has 2 aliphatic heterocycles. The zero-order valence-corrected chi connectivity index (χ0v) is 16.2. The maximum absolute atomic E-state index is 13.0. The van der Waals surface area contributed by atoms with Gasteiger partial charge in [0.1, 0.15) is 5.82 Å². The molecule has 0 aliphatic carbocycles. The highest BCUT2D eigenvalue weighted by Crippen LogP contribution is 2.25. The number of nitrogens with one attached hydrogen (secondary N) is 1. The number of carbonyl (C=O) groups excluding carboxylic acids is 2. The summed E-state index contributed by atoms with van der Waals surface area (Å²) in [6.07, 6.45) is 4.03. The maximum Gasteiger partial charge on any atom is 0.254 e. The molecule has 0 spiro atoms. The minimum absolute atomic E-state index is 0.0108. The fourth-order valence-electron chi connectivity index (χ4n) is 4.15. The van der Waals surface area contributed by atoms with Crippen LogP contribution in [-0.2, 0) is 17.8 Å². The molecule has 1 saturated heterocycles. The van der Waals surface area contributed by atoms with Gasteiger partial charge in [-0.15, -0.1) is 0 Å². The number of fused-ring (bicyclic) bond motifs is 1. The van der Waals surface area contributed by atoms with Gasteiger partial charge in [0.05, 0.1) is 0 Å². The van der Waals surface area contributed by atoms with Crippen molar-refractivity contribution in [1.82, 2.24) is 14.8 Å². The monoisotopic (exact) mass is 378 g/mol. The highest BCUT2D eigenvalue weighted by atomic mass is 16.2. The number of anilines is 1. The zero-order valence-electron chi connectivity index (χ0n) is 16.2. The summed E-state index contributed by atoms with van der Waals surface area (Å²) in [5.41, 5.74) is 3.25. The first kappa shape index (κ1) is 18.5. The molecule has 6 nitrogen and oxygen atoms in total. The molecule has 1 fully saturated rings. The molecule has 0 saturated carbocycles. The molecular weight excluding hydrogens is 352 g/mol. The lowest BCUT2D eigenvalue weighted by atomic mass is 9.92. The summed E-state index contributed by atoms with van der Waals surface area (Å²) in [5, 5.41) is 2.96. The molecule has 0 atom stereocenters. The van der Waals surface area contributed by atoms with E-state index in [1.165, 1.54) is 11.1 Å². The van der Waals surface area contributed by atoms with E-state index in [9.17, 15) is 9.59 Å². The van der Waals surface area contributed by atoms with Crippen molar-refractivity contribution in [3.05, 3.63) is 59.3 Å². The Morgan fingerprint density at radius 2 is 1.79 bits per heavy atom. The Hall–Kier alpha value is -2.89. The zero-order chi connectivity index (χ0) is 19.5. The van der Waals surface area contributed by atoms with E-state index in [-0.39, 0.29) is 17.7 Å². The quantitative estimate of drug-likeness (QED) is 0.892. The van der Waals surface area contributed by atoms with Crippen LogP contribution in [0.2, 0.25) is 0 Å². The maximum atomic E-state index is 13.0. The first-order valence-electron chi connectivity index (χ1n) is 9.94. The summed E-state index contributed by atoms with van der Waals surface area (Å²) < 4.78 is 0. The second-order valence-corrected chi connectivity index (χ2v) is 7.52. The van der Waals surface area contributed by atoms with Crippen molar-refractivity contribution in [3.8, 4) is 0 Å². The van der Waals surface area contributed by atoms with Crippen molar-refractivity contribution in [1.29, 1.82) is 0 Å². The summed E-state index contributed by atoms with van der Waals surface area (Å²) in [6, 6.07) is 11.9. The minimum Gasteiger partial charge on any atom is -0.373 e. The summed E-state index contributed by atoms with van der Waals surface area (Å²) in [6.45, 7) is 2.74. The molecule has 2 aromatic rings. The van der Waals surface area contributed by atoms with Crippen LogP contribution in [0, 0.1) is 5.92 Å². The van der Waals surface area contributed by atoms with Crippen LogP contribution < -0.4 is 5.32 Å². The van der Waals surface area contributed by atoms with E-state index >= 15 is 0 Å². The standard InChI is InChI=1S/C22H26N4O2/c1-23-20-14-18(6-10-24-20)22(28)25-11-8-17(9-12-25)21(27)26-13-7-16-4-2-3-5-19(16)15-26/h2-6,10,14,17H,7-9,11-13,15H2,1H3,(H,23,24). The Morgan fingerprint density at radius 1 is 1.04 bits per heavy atom. The third-order valence-corrected chi connectivity index (χ3v) is 5.84. The van der Waals surface area contributed by atoms with Crippen molar-refractivity contribution >= 4 is 17.6 Å². The van der Waals surface area contributed by atoms with Gasteiger partial charge in [0, 0.05) is 50.9 Å². The number of piperidine rings is 1. The SMILES string of the molecule is CNc1cc(C(=O)N2CCC(C(=O)N3CCc4ccccc4C3)CC2)ccn1. The second kappa shape index (κ2) is 8.00. The van der Waals surface area contributed by atoms with Crippen LogP contribution in [0.15, 0.2) is 42.6 Å². The Bertz CT molecular complexity index is 874. The molecule has 1 aromatic carbocycles. The molecule has 6 heteroatoms. The third-order valence-electron chi connectivity index (χ3n) is 5.84. The van der Waals surface area contributed by atoms with E-state index in [2.05, 4.69) is 28.5 Å². The smallest absolute Gasteiger partial charge is 0.254 e. The highest BCUT2D eigenvalue weighted by Gasteiger charge is 2.31. The molecule has 0 bridgehead atoms. The Balaban J connectivity index is 1.35. The number of amides is 2. The van der Waals surface area contributed by atoms with Gasteiger partial charge >= 0.3 is 0 Å². The van der Waals surface area contributed by atoms with Gasteiger partial charge in [-0.2, -0.15) is 0 Å². The summed E-state index contributed by atoms with van der Waals surface area (Å²) in [7, 11) is 1.78. The molecule has 1 aromatic heterocycles. The van der Waals surface area contributed by atoms with E-state index in [4.69, 9.17) is 0 Å². The van der Waals surface area contributed by atoms with E-state index in [1.54, 1.807) is 25.4 Å². The Kier molecular flexibility index (Phi) is 5.28. The number of pyridine rings is 1. The topological polar surface area (TPSA) is 65.5 Å². The number of benzene rings is 1. The van der Waals surface area contributed by atoms with Crippen molar-refractivity contribution in [2.45, 2.75) is 25.8 Å². The van der Waals surface area contributed by atoms with Gasteiger partial charge < -0.3 is 15.1 Å². The lowest BCUT2D eigenvalue weighted by molar-refractivity contribution is -0.137. The molecule has 2 amide bonds. The van der Waals surface area contributed by atoms with E-state index < -0.39 is 0 Å². The summed E-state index contributed by atoms with van der Waals surface area (Å²) in [5.74, 6) is 0.945. The second-order valence-electron chi connectivity index (χ2n) is 7.52. The Labute approximate surface area is 165 Å². The predicted octanol–water partition coefficient (Wildman–Crippen LogP) is 2.56. The molecule has 4 rings (SSSR count). The first-order chi connectivity index (χ1) is 13.7. The van der Waals surface area contributed by atoms with E-state index in [0.717, 1.165) is 25.8 Å². The molecular formula is C22H26N4O2. The molecule has 0 radical (unpaired) electrons. The molecule has 3 heterocycles. The van der Waals surface area contributed by atoms with Gasteiger partial charge in [0.25, 0.3) is 5.91 Å². The lowest BCUT2D eigenvalue weighted by Crippen LogP contribution is -2.45. The number of aromatic nitrogens is 1. The summed E-state index contributed by atoms with van der Waals surface area (Å²) in [4.78, 5) is 33.8. The fraction of sp³-hybridized carbons (Fsp3) is 0.409. The lowest BCUT2D eigenvalue weighted by Gasteiger charge is -2.36. The van der Waals surface area contributed by atoms with Crippen LogP contribution in [0.1, 0.15) is 34.3 Å². The first-order valence-corrected chi connectivity index (χ1v) is 9.94. The normalized spacial score (nSPS) is 17.2. The van der Waals surface area contributed by atoms with Crippen LogP contribution in [-0.4, -0.2) is 53.3 Å². The van der Waals surface area contributed by atoms with Crippen molar-refractivity contribution in [2.24, 2.45) is 5.92 Å². The van der Waals surface area contributed by atoms with Gasteiger partial charge in [-0.1, -0.05) is 24.3 Å². The number of hydrogen-bond donors (Lipinski definition) is 1. The fourth-order valence-corrected chi connectivity index (χ4v) is 4.15. The van der Waals surface area contributed by atoms with Gasteiger partial charge in [0.2, 0.25) is 5.91 Å². The highest BCUT2D eigenvalue weighted by molar-refractivity contribution is 5.95. The van der Waals surface area contributed by atoms with Crippen molar-refractivity contribution in [3.63, 3.8) is 0 Å². The van der Waals surface area contributed by atoms with Crippen molar-refractivity contribution < 1.29 is 9.59 Å². The molecule has 2 aliphatic rings. The van der Waals surface area contributed by atoms with Crippen molar-refractivity contribution in [2.75, 3.05) is 32.0 Å². The van der Waals surface area contributed by atoms with Crippen LogP contribution in [0.25, 0.3) is 0 Å². The van der Waals surface area contributed by atoms with Gasteiger partial charge in [-0.25, -0.2) is 4.98 Å². The summed E-state index contributed by atoms with van der Waals surface area (Å²) >= 11 is 0. The van der Waals surface area contributed by atoms with Crippen LogP contribution in [0.4, 0.5) is 5.82 Å². The number of nitrogens with zero attached hydrogens (tertiary/aromatic N) is 3. The number of likely N-dealkylation sites (tertiary alicyclic amines) is 1. The van der Waals surface area contributed by atoms with E-state index in [1.807, 2.05) is 15.9 Å². The minimum atomic E-state index is 0.0108. The van der Waals surface area contributed by atoms with Gasteiger partial charge in [-0.05, 0) is 42.5 Å². The average Bonchev–Trinajstić information content (AvgIpc) is 2.78. The van der Waals surface area contributed by atoms with Crippen LogP contribution in [0.5, 0.6) is 0 Å². The predicted molar refractivity (Wildman–Crippen MR) is 108 cm³/mol. The van der Waals surface area contributed by atoms with E-state index in [0.29, 0.717) is 31.0 Å². The molecule has 0 unspecified atom stereocenters. The molecule has 146 valence electrons. The van der Waals surface area contributed by atoms with Crippen LogP contribution in [0.3, 0.4) is 0 Å². The third kappa shape index (κ3) is 3.72. The molecule has 28 heavy (non-hydrogen) atoms. The average molecular weight is 378 g/mol. The number of hydrogen-bond acceptors (Lipinski definition) is 4.